The Morgan fingerprint density at radius 3 is 2.42 bits per heavy atom. The zero-order valence-corrected chi connectivity index (χ0v) is 14.2. The average Bonchev–Trinajstić information content (AvgIpc) is 2.45. The van der Waals surface area contributed by atoms with Gasteiger partial charge < -0.3 is 10.0 Å². The molecule has 0 saturated carbocycles. The summed E-state index contributed by atoms with van der Waals surface area (Å²) in [6.45, 7) is 3.05. The van der Waals surface area contributed by atoms with Crippen LogP contribution >= 0.6 is 0 Å². The first-order chi connectivity index (χ1) is 11.0. The Morgan fingerprint density at radius 1 is 1.33 bits per heavy atom. The molecule has 0 aromatic carbocycles. The van der Waals surface area contributed by atoms with Crippen molar-refractivity contribution in [3.05, 3.63) is 18.3 Å². The Kier molecular flexibility index (Phi) is 5.12. The van der Waals surface area contributed by atoms with Gasteiger partial charge in [0.25, 0.3) is 0 Å². The number of aromatic nitrogens is 1. The van der Waals surface area contributed by atoms with Crippen molar-refractivity contribution in [3.63, 3.8) is 0 Å². The molecule has 0 spiro atoms. The lowest BCUT2D eigenvalue weighted by Crippen LogP contribution is -2.53. The fourth-order valence-corrected chi connectivity index (χ4v) is 4.00. The largest absolute Gasteiger partial charge is 0.417 e. The minimum atomic E-state index is -4.71. The van der Waals surface area contributed by atoms with Gasteiger partial charge in [-0.3, -0.25) is 0 Å². The molecule has 10 heteroatoms. The van der Waals surface area contributed by atoms with Crippen LogP contribution in [0.3, 0.4) is 0 Å². The van der Waals surface area contributed by atoms with E-state index < -0.39 is 34.6 Å². The van der Waals surface area contributed by atoms with Crippen molar-refractivity contribution >= 4 is 15.8 Å². The third-order valence-electron chi connectivity index (χ3n) is 3.85. The van der Waals surface area contributed by atoms with Gasteiger partial charge in [0, 0.05) is 38.2 Å². The predicted octanol–water partition coefficient (Wildman–Crippen LogP) is 1.66. The molecule has 0 bridgehead atoms. The van der Waals surface area contributed by atoms with E-state index in [4.69, 9.17) is 0 Å². The molecule has 24 heavy (non-hydrogen) atoms. The summed E-state index contributed by atoms with van der Waals surface area (Å²) in [6.07, 6.45) is -4.40. The molecule has 136 valence electrons. The van der Waals surface area contributed by atoms with Gasteiger partial charge >= 0.3 is 6.18 Å². The van der Waals surface area contributed by atoms with Crippen molar-refractivity contribution in [2.24, 2.45) is 0 Å². The van der Waals surface area contributed by atoms with E-state index >= 15 is 0 Å². The smallest absolute Gasteiger partial charge is 0.380 e. The summed E-state index contributed by atoms with van der Waals surface area (Å²) in [5.74, 6) is 0.0925. The van der Waals surface area contributed by atoms with Crippen LogP contribution in [0.4, 0.5) is 19.0 Å². The molecule has 0 atom stereocenters. The van der Waals surface area contributed by atoms with Crippen LogP contribution in [0, 0.1) is 0 Å². The number of aliphatic hydroxyl groups is 1. The first-order valence-corrected chi connectivity index (χ1v) is 8.96. The number of rotatable bonds is 4. The van der Waals surface area contributed by atoms with Crippen LogP contribution in [-0.2, 0) is 10.0 Å². The van der Waals surface area contributed by atoms with Crippen LogP contribution in [0.5, 0.6) is 0 Å². The van der Waals surface area contributed by atoms with E-state index in [1.807, 2.05) is 0 Å². The Morgan fingerprint density at radius 2 is 1.92 bits per heavy atom. The lowest BCUT2D eigenvalue weighted by molar-refractivity contribution is -0.266. The van der Waals surface area contributed by atoms with Crippen LogP contribution in [0.15, 0.2) is 23.2 Å². The minimum Gasteiger partial charge on any atom is -0.380 e. The molecule has 1 fully saturated rings. The fraction of sp³-hybridized carbons (Fsp3) is 0.643. The van der Waals surface area contributed by atoms with E-state index in [0.717, 1.165) is 0 Å². The number of anilines is 1. The molecule has 0 unspecified atom stereocenters. The van der Waals surface area contributed by atoms with Crippen LogP contribution in [-0.4, -0.2) is 49.4 Å². The molecule has 2 N–H and O–H groups in total. The van der Waals surface area contributed by atoms with Crippen LogP contribution in [0.25, 0.3) is 0 Å². The predicted molar refractivity (Wildman–Crippen MR) is 82.1 cm³/mol. The third kappa shape index (κ3) is 3.81. The van der Waals surface area contributed by atoms with E-state index in [0.29, 0.717) is 0 Å². The number of sulfonamides is 1. The van der Waals surface area contributed by atoms with Crippen molar-refractivity contribution in [2.45, 2.75) is 49.4 Å². The topological polar surface area (TPSA) is 82.5 Å². The Bertz CT molecular complexity index is 684. The molecule has 1 aromatic heterocycles. The number of nitrogens with zero attached hydrogens (tertiary/aromatic N) is 2. The van der Waals surface area contributed by atoms with E-state index in [-0.39, 0.29) is 29.8 Å². The maximum absolute atomic E-state index is 12.9. The Balaban J connectivity index is 2.27. The average molecular weight is 367 g/mol. The lowest BCUT2D eigenvalue weighted by Gasteiger charge is -2.39. The van der Waals surface area contributed by atoms with Gasteiger partial charge in [0.1, 0.15) is 10.7 Å². The number of alkyl halides is 3. The number of hydrogen-bond acceptors (Lipinski definition) is 5. The molecule has 1 aliphatic rings. The van der Waals surface area contributed by atoms with E-state index in [2.05, 4.69) is 9.71 Å². The van der Waals surface area contributed by atoms with Gasteiger partial charge in [-0.1, -0.05) is 0 Å². The van der Waals surface area contributed by atoms with E-state index in [1.54, 1.807) is 13.8 Å². The number of pyridine rings is 1. The summed E-state index contributed by atoms with van der Waals surface area (Å²) in [5, 5.41) is 9.72. The molecular weight excluding hydrogens is 347 g/mol. The molecule has 2 rings (SSSR count). The lowest BCUT2D eigenvalue weighted by atomic mass is 9.91. The fourth-order valence-electron chi connectivity index (χ4n) is 2.58. The number of nitrogens with one attached hydrogen (secondary N) is 1. The highest BCUT2D eigenvalue weighted by atomic mass is 32.2. The first kappa shape index (κ1) is 18.9. The molecule has 1 aromatic rings. The molecule has 1 aliphatic heterocycles. The van der Waals surface area contributed by atoms with E-state index in [1.165, 1.54) is 23.2 Å². The van der Waals surface area contributed by atoms with Gasteiger partial charge in [-0.2, -0.15) is 13.2 Å². The molecule has 0 amide bonds. The molecule has 0 radical (unpaired) electrons. The molecule has 0 aliphatic carbocycles. The minimum absolute atomic E-state index is 0.0869. The summed E-state index contributed by atoms with van der Waals surface area (Å²) in [4.78, 5) is 5.40. The van der Waals surface area contributed by atoms with Gasteiger partial charge in [0.15, 0.2) is 5.60 Å². The monoisotopic (exact) mass is 367 g/mol. The maximum atomic E-state index is 12.9. The summed E-state index contributed by atoms with van der Waals surface area (Å²) in [6, 6.07) is 2.48. The SMILES string of the molecule is CC(C)NS(=O)(=O)c1cccnc1N1CCC(O)(C(F)(F)F)CC1. The van der Waals surface area contributed by atoms with Gasteiger partial charge in [-0.05, 0) is 26.0 Å². The van der Waals surface area contributed by atoms with Crippen molar-refractivity contribution in [3.8, 4) is 0 Å². The summed E-state index contributed by atoms with van der Waals surface area (Å²) in [5.41, 5.74) is -2.74. The highest BCUT2D eigenvalue weighted by Crippen LogP contribution is 2.39. The summed E-state index contributed by atoms with van der Waals surface area (Å²) >= 11 is 0. The highest BCUT2D eigenvalue weighted by molar-refractivity contribution is 7.89. The summed E-state index contributed by atoms with van der Waals surface area (Å²) in [7, 11) is -3.84. The second-order valence-corrected chi connectivity index (χ2v) is 7.80. The number of piperidine rings is 1. The zero-order valence-electron chi connectivity index (χ0n) is 13.3. The van der Waals surface area contributed by atoms with E-state index in [9.17, 15) is 26.7 Å². The second-order valence-electron chi connectivity index (χ2n) is 6.12. The van der Waals surface area contributed by atoms with Crippen molar-refractivity contribution in [2.75, 3.05) is 18.0 Å². The Labute approximate surface area is 138 Å². The highest BCUT2D eigenvalue weighted by Gasteiger charge is 2.54. The van der Waals surface area contributed by atoms with Crippen molar-refractivity contribution in [1.82, 2.24) is 9.71 Å². The van der Waals surface area contributed by atoms with Crippen LogP contribution < -0.4 is 9.62 Å². The van der Waals surface area contributed by atoms with Gasteiger partial charge in [0.05, 0.1) is 0 Å². The molecule has 6 nitrogen and oxygen atoms in total. The van der Waals surface area contributed by atoms with Crippen LogP contribution in [0.1, 0.15) is 26.7 Å². The normalized spacial score (nSPS) is 18.9. The molecular formula is C14H20F3N3O3S. The third-order valence-corrected chi connectivity index (χ3v) is 5.53. The quantitative estimate of drug-likeness (QED) is 0.846. The first-order valence-electron chi connectivity index (χ1n) is 7.48. The number of halogens is 3. The standard InChI is InChI=1S/C14H20F3N3O3S/c1-10(2)19-24(22,23)11-4-3-7-18-12(11)20-8-5-13(21,6-9-20)14(15,16)17/h3-4,7,10,19,21H,5-6,8-9H2,1-2H3. The van der Waals surface area contributed by atoms with Gasteiger partial charge in [0.2, 0.25) is 10.0 Å². The zero-order chi connectivity index (χ0) is 18.2. The van der Waals surface area contributed by atoms with Crippen molar-refractivity contribution < 1.29 is 26.7 Å². The maximum Gasteiger partial charge on any atom is 0.417 e. The summed E-state index contributed by atoms with van der Waals surface area (Å²) < 4.78 is 65.8. The molecule has 1 saturated heterocycles. The van der Waals surface area contributed by atoms with Crippen LogP contribution in [0.2, 0.25) is 0 Å². The van der Waals surface area contributed by atoms with Crippen molar-refractivity contribution in [1.29, 1.82) is 0 Å². The Hall–Kier alpha value is -1.39. The molecule has 2 heterocycles. The van der Waals surface area contributed by atoms with Gasteiger partial charge in [-0.15, -0.1) is 0 Å². The number of hydrogen-bond donors (Lipinski definition) is 2. The second kappa shape index (κ2) is 6.49. The van der Waals surface area contributed by atoms with Gasteiger partial charge in [-0.25, -0.2) is 18.1 Å².